The lowest BCUT2D eigenvalue weighted by molar-refractivity contribution is -0.120. The monoisotopic (exact) mass is 1040 g/mol. The van der Waals surface area contributed by atoms with E-state index >= 15 is 0 Å². The van der Waals surface area contributed by atoms with Gasteiger partial charge in [-0.15, -0.1) is 0 Å². The number of nitrogens with one attached hydrogen (secondary N) is 2. The smallest absolute Gasteiger partial charge is 0.274 e. The first-order valence-electron chi connectivity index (χ1n) is 26.5. The van der Waals surface area contributed by atoms with Crippen molar-refractivity contribution in [3.63, 3.8) is 0 Å². The fourth-order valence-electron chi connectivity index (χ4n) is 11.6. The second kappa shape index (κ2) is 20.5. The number of H-pyrrole nitrogens is 1. The van der Waals surface area contributed by atoms with Crippen molar-refractivity contribution in [3.8, 4) is 22.3 Å². The van der Waals surface area contributed by atoms with Crippen LogP contribution in [0.15, 0.2) is 257 Å². The average molecular weight is 1040 g/mol. The highest BCUT2D eigenvalue weighted by atomic mass is 16.2. The number of allylic oxidation sites excluding steroid dienone is 2. The van der Waals surface area contributed by atoms with Crippen LogP contribution < -0.4 is 10.7 Å². The quantitative estimate of drug-likeness (QED) is 0.159. The highest BCUT2D eigenvalue weighted by molar-refractivity contribution is 6.34. The third kappa shape index (κ3) is 8.86. The van der Waals surface area contributed by atoms with Crippen LogP contribution in [0.1, 0.15) is 62.1 Å². The number of ketones is 3. The van der Waals surface area contributed by atoms with Gasteiger partial charge in [0.15, 0.2) is 22.8 Å². The van der Waals surface area contributed by atoms with E-state index in [0.29, 0.717) is 62.8 Å². The largest absolute Gasteiger partial charge is 0.354 e. The molecule has 3 heterocycles. The number of Topliss-reactive ketones (excluding diaryl/α,β-unsaturated/α-hetero) is 2. The second-order valence-corrected chi connectivity index (χ2v) is 20.3. The Kier molecular flexibility index (Phi) is 12.6. The molecule has 2 aliphatic heterocycles. The number of amides is 2. The number of aliphatic imine (C=N–C) groups is 1. The number of carbonyl (C=O) groups is 5. The molecule has 5 aliphatic rings. The van der Waals surface area contributed by atoms with Gasteiger partial charge in [-0.1, -0.05) is 206 Å². The van der Waals surface area contributed by atoms with Crippen LogP contribution in [0, 0.1) is 5.92 Å². The molecule has 2 amide bonds. The van der Waals surface area contributed by atoms with E-state index in [-0.39, 0.29) is 41.0 Å². The van der Waals surface area contributed by atoms with E-state index in [9.17, 15) is 28.8 Å². The van der Waals surface area contributed by atoms with Gasteiger partial charge in [0.25, 0.3) is 11.8 Å². The van der Waals surface area contributed by atoms with Gasteiger partial charge in [0.1, 0.15) is 0 Å². The van der Waals surface area contributed by atoms with Crippen molar-refractivity contribution >= 4 is 73.5 Å². The maximum absolute atomic E-state index is 13.1. The van der Waals surface area contributed by atoms with Crippen molar-refractivity contribution in [2.45, 2.75) is 19.3 Å². The molecule has 9 heteroatoms. The van der Waals surface area contributed by atoms with Crippen molar-refractivity contribution in [3.05, 3.63) is 302 Å². The third-order valence-corrected chi connectivity index (χ3v) is 15.5. The number of aromatic nitrogens is 1. The van der Waals surface area contributed by atoms with Crippen molar-refractivity contribution < 1.29 is 24.0 Å². The van der Waals surface area contributed by atoms with Gasteiger partial charge in [0.05, 0.1) is 34.0 Å². The molecule has 10 aromatic rings. The lowest BCUT2D eigenvalue weighted by Gasteiger charge is -2.19. The number of hydrogen-bond donors (Lipinski definition) is 2. The van der Waals surface area contributed by atoms with Crippen LogP contribution in [0.5, 0.6) is 0 Å². The molecule has 3 aliphatic carbocycles. The van der Waals surface area contributed by atoms with Gasteiger partial charge in [0.2, 0.25) is 0 Å². The zero-order chi connectivity index (χ0) is 54.4. The molecule has 382 valence electrons. The predicted molar refractivity (Wildman–Crippen MR) is 315 cm³/mol. The van der Waals surface area contributed by atoms with Crippen LogP contribution in [-0.2, 0) is 25.6 Å². The summed E-state index contributed by atoms with van der Waals surface area (Å²) in [5.74, 6) is -0.972. The van der Waals surface area contributed by atoms with Crippen LogP contribution in [0.2, 0.25) is 0 Å². The van der Waals surface area contributed by atoms with E-state index in [0.717, 1.165) is 77.9 Å². The summed E-state index contributed by atoms with van der Waals surface area (Å²) in [5, 5.41) is 4.18. The summed E-state index contributed by atoms with van der Waals surface area (Å²) in [4.78, 5) is 84.1. The molecule has 1 atom stereocenters. The van der Waals surface area contributed by atoms with E-state index in [4.69, 9.17) is 0 Å². The Balaban J connectivity index is 0.000000117. The van der Waals surface area contributed by atoms with Crippen LogP contribution in [0.3, 0.4) is 0 Å². The van der Waals surface area contributed by atoms with Gasteiger partial charge < -0.3 is 10.3 Å². The van der Waals surface area contributed by atoms with Gasteiger partial charge in [-0.25, -0.2) is 4.99 Å². The van der Waals surface area contributed by atoms with Gasteiger partial charge in [-0.05, 0) is 97.5 Å². The number of hydrogen-bond acceptors (Lipinski definition) is 6. The Morgan fingerprint density at radius 2 is 0.925 bits per heavy atom. The summed E-state index contributed by atoms with van der Waals surface area (Å²) in [6.07, 6.45) is 1.23. The zero-order valence-corrected chi connectivity index (χ0v) is 43.0. The third-order valence-electron chi connectivity index (χ3n) is 15.5. The van der Waals surface area contributed by atoms with Crippen LogP contribution in [-0.4, -0.2) is 39.9 Å². The molecular formula is C71H47N3O6. The molecule has 9 aromatic carbocycles. The van der Waals surface area contributed by atoms with E-state index in [2.05, 4.69) is 39.6 Å². The lowest BCUT2D eigenvalue weighted by Crippen LogP contribution is -2.19. The van der Waals surface area contributed by atoms with Crippen molar-refractivity contribution in [1.29, 1.82) is 0 Å². The van der Waals surface area contributed by atoms with E-state index in [1.54, 1.807) is 0 Å². The van der Waals surface area contributed by atoms with Gasteiger partial charge in [-0.2, -0.15) is 0 Å². The summed E-state index contributed by atoms with van der Waals surface area (Å²) in [6, 6.07) is 74.3. The molecular weight excluding hydrogens is 991 g/mol. The average Bonchev–Trinajstić information content (AvgIpc) is 4.30. The minimum Gasteiger partial charge on any atom is -0.354 e. The highest BCUT2D eigenvalue weighted by Crippen LogP contribution is 2.44. The molecule has 1 aromatic heterocycles. The van der Waals surface area contributed by atoms with Crippen LogP contribution in [0.25, 0.3) is 60.9 Å². The van der Waals surface area contributed by atoms with Crippen molar-refractivity contribution in [1.82, 2.24) is 10.3 Å². The second-order valence-electron chi connectivity index (χ2n) is 20.3. The van der Waals surface area contributed by atoms with Crippen LogP contribution in [0.4, 0.5) is 0 Å². The minimum absolute atomic E-state index is 0.00561. The van der Waals surface area contributed by atoms with Crippen molar-refractivity contribution in [2.75, 3.05) is 0 Å². The fourth-order valence-corrected chi connectivity index (χ4v) is 11.6. The molecule has 80 heavy (non-hydrogen) atoms. The number of rotatable bonds is 6. The number of fused-ring (bicyclic) bond motifs is 6. The normalized spacial score (nSPS) is 15.9. The molecule has 0 saturated carbocycles. The fraction of sp³-hybridized carbons (Fsp3) is 0.0563. The molecule has 1 unspecified atom stereocenters. The Hall–Kier alpha value is -10.5. The molecule has 0 radical (unpaired) electrons. The molecule has 0 spiro atoms. The Bertz CT molecular complexity index is 4350. The standard InChI is InChI=1S/C31H21NO2.C21H13NO2.C19H13NO2/c33-27-19-26(24-15-11-22(12-16-24)20-7-3-1-4-8-20)28-29(27)30(32-31(28)34)25-17-13-23(14-18-25)21-9-5-2-6-10-21;23-20-14-6-2-1-5-12(14)9-13-10-17-19(11-16(13)20)22-18-8-4-3-7-15(18)21(17)24;21-15-11-14(12-7-3-1-4-8-12)16-17(15)18(20-19(16)22)13-9-5-2-6-10-13/h1-18,29H,19H2;1-8,10-11H,9H2,(H,22,24);1-10H,11H2,(H,20,22). The van der Waals surface area contributed by atoms with E-state index in [1.165, 1.54) is 0 Å². The highest BCUT2D eigenvalue weighted by Gasteiger charge is 2.45. The molecule has 2 N–H and O–H groups in total. The number of carbonyl (C=O) groups excluding carboxylic acids is 5. The first kappa shape index (κ1) is 49.1. The summed E-state index contributed by atoms with van der Waals surface area (Å²) in [5.41, 5.74) is 17.3. The number of benzene rings is 9. The molecule has 15 rings (SSSR count). The van der Waals surface area contributed by atoms with E-state index < -0.39 is 5.92 Å². The maximum Gasteiger partial charge on any atom is 0.274 e. The minimum atomic E-state index is -0.570. The number of nitrogens with zero attached hydrogens (tertiary/aromatic N) is 1. The maximum atomic E-state index is 13.1. The summed E-state index contributed by atoms with van der Waals surface area (Å²) < 4.78 is 0. The van der Waals surface area contributed by atoms with Crippen LogP contribution >= 0.6 is 0 Å². The molecule has 0 bridgehead atoms. The Morgan fingerprint density at radius 3 is 1.57 bits per heavy atom. The number of para-hydroxylation sites is 1. The molecule has 0 saturated heterocycles. The SMILES string of the molecule is O=C1CC(c2ccccc2)=C2C(=O)NC(c3ccccc3)=C12.O=C1N=C(c2ccc(-c3ccccc3)cc2)C2C(=O)CC(c3ccc(-c4ccccc4)cc3)=C12.O=C1c2ccccc2Cc2cc3c(=O)c4ccccc4[nH]c3cc21. The van der Waals surface area contributed by atoms with Gasteiger partial charge in [-0.3, -0.25) is 28.8 Å². The van der Waals surface area contributed by atoms with E-state index in [1.807, 2.05) is 206 Å². The van der Waals surface area contributed by atoms with Gasteiger partial charge >= 0.3 is 0 Å². The zero-order valence-electron chi connectivity index (χ0n) is 43.0. The molecule has 9 nitrogen and oxygen atoms in total. The Morgan fingerprint density at radius 1 is 0.400 bits per heavy atom. The first-order chi connectivity index (χ1) is 39.2. The van der Waals surface area contributed by atoms with Gasteiger partial charge in [0, 0.05) is 45.8 Å². The lowest BCUT2D eigenvalue weighted by atomic mass is 9.84. The summed E-state index contributed by atoms with van der Waals surface area (Å²) in [7, 11) is 0. The topological polar surface area (TPSA) is 143 Å². The number of aromatic amines is 1. The number of pyridine rings is 1. The van der Waals surface area contributed by atoms with Crippen molar-refractivity contribution in [2.24, 2.45) is 10.9 Å². The first-order valence-corrected chi connectivity index (χ1v) is 26.5. The summed E-state index contributed by atoms with van der Waals surface area (Å²) in [6.45, 7) is 0. The predicted octanol–water partition coefficient (Wildman–Crippen LogP) is 13.2. The molecule has 0 fully saturated rings. The Labute approximate surface area is 460 Å². The summed E-state index contributed by atoms with van der Waals surface area (Å²) >= 11 is 0.